The Labute approximate surface area is 124 Å². The van der Waals surface area contributed by atoms with Crippen molar-refractivity contribution in [3.8, 4) is 0 Å². The molecule has 0 aliphatic heterocycles. The Hall–Kier alpha value is -2.20. The Morgan fingerprint density at radius 2 is 1.90 bits per heavy atom. The van der Waals surface area contributed by atoms with Gasteiger partial charge in [0.15, 0.2) is 6.04 Å². The average Bonchev–Trinajstić information content (AvgIpc) is 2.47. The number of carbonyl (C=O) groups excluding carboxylic acids is 1. The second kappa shape index (κ2) is 6.99. The molecule has 110 valence electrons. The summed E-state index contributed by atoms with van der Waals surface area (Å²) in [4.78, 5) is 13.3. The van der Waals surface area contributed by atoms with Crippen LogP contribution >= 0.6 is 0 Å². The van der Waals surface area contributed by atoms with Crippen molar-refractivity contribution in [1.82, 2.24) is 0 Å². The zero-order chi connectivity index (χ0) is 15.2. The summed E-state index contributed by atoms with van der Waals surface area (Å²) >= 11 is 0. The van der Waals surface area contributed by atoms with Crippen LogP contribution in [0.1, 0.15) is 12.5 Å². The molecule has 0 aromatic heterocycles. The van der Waals surface area contributed by atoms with E-state index in [0.717, 1.165) is 11.4 Å². The number of anilines is 1. The van der Waals surface area contributed by atoms with Gasteiger partial charge in [0.2, 0.25) is 0 Å². The normalized spacial score (nSPS) is 13.5. The molecule has 0 radical (unpaired) electrons. The Kier molecular flexibility index (Phi) is 5.06. The van der Waals surface area contributed by atoms with E-state index < -0.39 is 0 Å². The van der Waals surface area contributed by atoms with Gasteiger partial charge in [-0.3, -0.25) is 4.79 Å². The molecule has 4 heteroatoms. The van der Waals surface area contributed by atoms with E-state index in [4.69, 9.17) is 0 Å². The smallest absolute Gasteiger partial charge is 0.282 e. The van der Waals surface area contributed by atoms with Crippen LogP contribution in [0.15, 0.2) is 54.6 Å². The lowest BCUT2D eigenvalue weighted by molar-refractivity contribution is -0.907. The SMILES string of the molecule is C[C@H](C(=O)Nc1cccc(F)c1)[NH+](C)Cc1ccccc1. The maximum Gasteiger partial charge on any atom is 0.282 e. The topological polar surface area (TPSA) is 33.5 Å². The minimum absolute atomic E-state index is 0.117. The van der Waals surface area contributed by atoms with Crippen LogP contribution in [0, 0.1) is 5.82 Å². The van der Waals surface area contributed by atoms with E-state index >= 15 is 0 Å². The first-order valence-corrected chi connectivity index (χ1v) is 6.99. The van der Waals surface area contributed by atoms with Crippen molar-refractivity contribution < 1.29 is 14.1 Å². The predicted molar refractivity (Wildman–Crippen MR) is 81.5 cm³/mol. The van der Waals surface area contributed by atoms with Gasteiger partial charge < -0.3 is 10.2 Å². The summed E-state index contributed by atoms with van der Waals surface area (Å²) in [6.45, 7) is 2.63. The van der Waals surface area contributed by atoms with Gasteiger partial charge in [-0.25, -0.2) is 4.39 Å². The van der Waals surface area contributed by atoms with Crippen molar-refractivity contribution in [2.45, 2.75) is 19.5 Å². The maximum atomic E-state index is 13.1. The largest absolute Gasteiger partial charge is 0.324 e. The molecule has 0 heterocycles. The van der Waals surface area contributed by atoms with Gasteiger partial charge in [0, 0.05) is 11.3 Å². The highest BCUT2D eigenvalue weighted by Gasteiger charge is 2.22. The fourth-order valence-electron chi connectivity index (χ4n) is 2.11. The van der Waals surface area contributed by atoms with Crippen LogP contribution in [0.5, 0.6) is 0 Å². The third-order valence-electron chi connectivity index (χ3n) is 3.55. The van der Waals surface area contributed by atoms with Gasteiger partial charge in [-0.2, -0.15) is 0 Å². The second-order valence-electron chi connectivity index (χ2n) is 5.23. The quantitative estimate of drug-likeness (QED) is 0.865. The monoisotopic (exact) mass is 287 g/mol. The maximum absolute atomic E-state index is 13.1. The van der Waals surface area contributed by atoms with Gasteiger partial charge in [-0.05, 0) is 25.1 Å². The molecule has 0 aliphatic carbocycles. The first kappa shape index (κ1) is 15.2. The molecular formula is C17H20FN2O+. The standard InChI is InChI=1S/C17H19FN2O/c1-13(20(2)12-14-7-4-3-5-8-14)17(21)19-16-10-6-9-15(18)11-16/h3-11,13H,12H2,1-2H3,(H,19,21)/p+1/t13-/m1/s1. The van der Waals surface area contributed by atoms with Crippen molar-refractivity contribution in [3.05, 3.63) is 66.0 Å². The predicted octanol–water partition coefficient (Wildman–Crippen LogP) is 1.87. The average molecular weight is 287 g/mol. The second-order valence-corrected chi connectivity index (χ2v) is 5.23. The van der Waals surface area contributed by atoms with Gasteiger partial charge >= 0.3 is 0 Å². The fourth-order valence-corrected chi connectivity index (χ4v) is 2.11. The van der Waals surface area contributed by atoms with Gasteiger partial charge in [-0.1, -0.05) is 36.4 Å². The molecule has 2 aromatic carbocycles. The molecule has 1 unspecified atom stereocenters. The summed E-state index contributed by atoms with van der Waals surface area (Å²) in [6.07, 6.45) is 0. The minimum atomic E-state index is -0.356. The van der Waals surface area contributed by atoms with Gasteiger partial charge in [-0.15, -0.1) is 0 Å². The molecule has 2 rings (SSSR count). The van der Waals surface area contributed by atoms with E-state index in [-0.39, 0.29) is 17.8 Å². The van der Waals surface area contributed by atoms with Crippen LogP contribution in [0.4, 0.5) is 10.1 Å². The first-order chi connectivity index (χ1) is 10.1. The molecule has 1 amide bonds. The Balaban J connectivity index is 1.95. The highest BCUT2D eigenvalue weighted by molar-refractivity contribution is 5.93. The van der Waals surface area contributed by atoms with Gasteiger partial charge in [0.05, 0.1) is 7.05 Å². The molecule has 0 aliphatic rings. The van der Waals surface area contributed by atoms with Crippen LogP contribution in [0.3, 0.4) is 0 Å². The third-order valence-corrected chi connectivity index (χ3v) is 3.55. The minimum Gasteiger partial charge on any atom is -0.324 e. The summed E-state index contributed by atoms with van der Waals surface area (Å²) < 4.78 is 13.1. The molecule has 0 saturated carbocycles. The number of nitrogens with one attached hydrogen (secondary N) is 2. The number of amides is 1. The molecule has 2 aromatic rings. The molecule has 0 fully saturated rings. The molecular weight excluding hydrogens is 267 g/mol. The molecule has 21 heavy (non-hydrogen) atoms. The Morgan fingerprint density at radius 1 is 1.19 bits per heavy atom. The summed E-state index contributed by atoms with van der Waals surface area (Å²) in [7, 11) is 1.98. The van der Waals surface area contributed by atoms with Crippen LogP contribution in [-0.2, 0) is 11.3 Å². The number of rotatable bonds is 5. The number of halogens is 1. The zero-order valence-corrected chi connectivity index (χ0v) is 12.3. The van der Waals surface area contributed by atoms with Crippen LogP contribution < -0.4 is 10.2 Å². The number of hydrogen-bond acceptors (Lipinski definition) is 1. The van der Waals surface area contributed by atoms with E-state index in [2.05, 4.69) is 5.32 Å². The van der Waals surface area contributed by atoms with E-state index in [9.17, 15) is 9.18 Å². The van der Waals surface area contributed by atoms with Crippen molar-refractivity contribution in [2.24, 2.45) is 0 Å². The van der Waals surface area contributed by atoms with E-state index in [0.29, 0.717) is 5.69 Å². The van der Waals surface area contributed by atoms with Gasteiger partial charge in [0.25, 0.3) is 5.91 Å². The number of carbonyl (C=O) groups is 1. The fraction of sp³-hybridized carbons (Fsp3) is 0.235. The van der Waals surface area contributed by atoms with Crippen LogP contribution in [-0.4, -0.2) is 19.0 Å². The molecule has 0 saturated heterocycles. The molecule has 3 nitrogen and oxygen atoms in total. The van der Waals surface area contributed by atoms with Crippen molar-refractivity contribution in [2.75, 3.05) is 12.4 Å². The summed E-state index contributed by atoms with van der Waals surface area (Å²) in [5, 5.41) is 2.75. The molecule has 0 spiro atoms. The number of benzene rings is 2. The Morgan fingerprint density at radius 3 is 2.57 bits per heavy atom. The van der Waals surface area contributed by atoms with Crippen molar-refractivity contribution in [1.29, 1.82) is 0 Å². The first-order valence-electron chi connectivity index (χ1n) is 6.99. The third kappa shape index (κ3) is 4.39. The van der Waals surface area contributed by atoms with Gasteiger partial charge in [0.1, 0.15) is 12.4 Å². The van der Waals surface area contributed by atoms with Crippen molar-refractivity contribution >= 4 is 11.6 Å². The number of hydrogen-bond donors (Lipinski definition) is 2. The summed E-state index contributed by atoms with van der Waals surface area (Å²) in [5.74, 6) is -0.473. The molecule has 2 N–H and O–H groups in total. The van der Waals surface area contributed by atoms with Crippen LogP contribution in [0.2, 0.25) is 0 Å². The highest BCUT2D eigenvalue weighted by Crippen LogP contribution is 2.09. The zero-order valence-electron chi connectivity index (χ0n) is 12.3. The highest BCUT2D eigenvalue weighted by atomic mass is 19.1. The molecule has 0 bridgehead atoms. The van der Waals surface area contributed by atoms with E-state index in [1.807, 2.05) is 44.3 Å². The molecule has 2 atom stereocenters. The lowest BCUT2D eigenvalue weighted by atomic mass is 10.2. The summed E-state index contributed by atoms with van der Waals surface area (Å²) in [6, 6.07) is 15.7. The Bertz CT molecular complexity index is 601. The van der Waals surface area contributed by atoms with Crippen LogP contribution in [0.25, 0.3) is 0 Å². The summed E-state index contributed by atoms with van der Waals surface area (Å²) in [5.41, 5.74) is 1.67. The number of quaternary nitrogens is 1. The van der Waals surface area contributed by atoms with Crippen molar-refractivity contribution in [3.63, 3.8) is 0 Å². The van der Waals surface area contributed by atoms with E-state index in [1.165, 1.54) is 17.7 Å². The van der Waals surface area contributed by atoms with E-state index in [1.54, 1.807) is 12.1 Å². The number of likely N-dealkylation sites (N-methyl/N-ethyl adjacent to an activating group) is 1. The lowest BCUT2D eigenvalue weighted by Crippen LogP contribution is -3.12. The lowest BCUT2D eigenvalue weighted by Gasteiger charge is -2.21.